The summed E-state index contributed by atoms with van der Waals surface area (Å²) in [6.45, 7) is 0.0120. The summed E-state index contributed by atoms with van der Waals surface area (Å²) in [5.74, 6) is -0.421. The second-order valence-corrected chi connectivity index (χ2v) is 7.19. The largest absolute Gasteiger partial charge is 0.396 e. The number of hydrogen-bond donors (Lipinski definition) is 2. The molecule has 0 aliphatic carbocycles. The van der Waals surface area contributed by atoms with E-state index in [1.807, 2.05) is 22.6 Å². The van der Waals surface area contributed by atoms with Gasteiger partial charge in [0.05, 0.1) is 10.6 Å². The summed E-state index contributed by atoms with van der Waals surface area (Å²) >= 11 is 1.87. The summed E-state index contributed by atoms with van der Waals surface area (Å²) in [7, 11) is -3.72. The number of halogens is 2. The van der Waals surface area contributed by atoms with Crippen molar-refractivity contribution in [1.82, 2.24) is 0 Å². The smallest absolute Gasteiger partial charge is 0.261 e. The maximum atomic E-state index is 13.0. The van der Waals surface area contributed by atoms with Crippen LogP contribution in [0.15, 0.2) is 47.4 Å². The van der Waals surface area contributed by atoms with E-state index < -0.39 is 15.8 Å². The van der Waals surface area contributed by atoms with Gasteiger partial charge in [0.1, 0.15) is 5.82 Å². The highest BCUT2D eigenvalue weighted by molar-refractivity contribution is 14.1. The third kappa shape index (κ3) is 4.14. The molecule has 4 nitrogen and oxygen atoms in total. The van der Waals surface area contributed by atoms with Crippen molar-refractivity contribution in [2.45, 2.75) is 11.3 Å². The van der Waals surface area contributed by atoms with Gasteiger partial charge in [0.2, 0.25) is 0 Å². The van der Waals surface area contributed by atoms with E-state index >= 15 is 0 Å². The molecule has 2 aromatic rings. The quantitative estimate of drug-likeness (QED) is 0.730. The SMILES string of the molecule is O=S(=O)(Nc1ccc(F)cc1I)c1ccc(CCO)cc1. The predicted octanol–water partition coefficient (Wildman–Crippen LogP) is 2.77. The van der Waals surface area contributed by atoms with Crippen molar-refractivity contribution in [2.75, 3.05) is 11.3 Å². The molecule has 0 atom stereocenters. The van der Waals surface area contributed by atoms with Crippen molar-refractivity contribution in [2.24, 2.45) is 0 Å². The molecule has 0 bridgehead atoms. The number of rotatable bonds is 5. The highest BCUT2D eigenvalue weighted by Crippen LogP contribution is 2.22. The number of hydrogen-bond acceptors (Lipinski definition) is 3. The molecule has 7 heteroatoms. The molecule has 0 aliphatic heterocycles. The Bertz CT molecular complexity index is 732. The lowest BCUT2D eigenvalue weighted by molar-refractivity contribution is 0.299. The van der Waals surface area contributed by atoms with E-state index in [0.717, 1.165) is 5.56 Å². The molecule has 0 spiro atoms. The van der Waals surface area contributed by atoms with Gasteiger partial charge in [-0.25, -0.2) is 12.8 Å². The van der Waals surface area contributed by atoms with Crippen LogP contribution in [0.1, 0.15) is 5.56 Å². The van der Waals surface area contributed by atoms with E-state index in [9.17, 15) is 12.8 Å². The Labute approximate surface area is 136 Å². The normalized spacial score (nSPS) is 11.4. The molecule has 112 valence electrons. The summed E-state index contributed by atoms with van der Waals surface area (Å²) in [5.41, 5.74) is 1.18. The molecule has 2 rings (SSSR count). The molecule has 0 radical (unpaired) electrons. The first-order chi connectivity index (χ1) is 9.92. The molecule has 0 heterocycles. The summed E-state index contributed by atoms with van der Waals surface area (Å²) in [6, 6.07) is 10.1. The minimum Gasteiger partial charge on any atom is -0.396 e. The number of aliphatic hydroxyl groups is 1. The number of nitrogens with one attached hydrogen (secondary N) is 1. The Morgan fingerprint density at radius 1 is 1.14 bits per heavy atom. The van der Waals surface area contributed by atoms with Gasteiger partial charge in [-0.2, -0.15) is 0 Å². The molecule has 0 fully saturated rings. The summed E-state index contributed by atoms with van der Waals surface area (Å²) < 4.78 is 40.4. The van der Waals surface area contributed by atoms with Gasteiger partial charge in [0.15, 0.2) is 0 Å². The Balaban J connectivity index is 2.25. The zero-order valence-corrected chi connectivity index (χ0v) is 13.9. The Morgan fingerprint density at radius 2 is 1.81 bits per heavy atom. The summed E-state index contributed by atoms with van der Waals surface area (Å²) in [5, 5.41) is 8.83. The van der Waals surface area contributed by atoms with Crippen molar-refractivity contribution in [3.05, 3.63) is 57.4 Å². The third-order valence-corrected chi connectivity index (χ3v) is 5.08. The van der Waals surface area contributed by atoms with Gasteiger partial charge in [-0.15, -0.1) is 0 Å². The molecule has 2 N–H and O–H groups in total. The van der Waals surface area contributed by atoms with Gasteiger partial charge in [0.25, 0.3) is 10.0 Å². The number of anilines is 1. The topological polar surface area (TPSA) is 66.4 Å². The molecule has 0 amide bonds. The lowest BCUT2D eigenvalue weighted by atomic mass is 10.2. The fraction of sp³-hybridized carbons (Fsp3) is 0.143. The molecule has 21 heavy (non-hydrogen) atoms. The van der Waals surface area contributed by atoms with Crippen molar-refractivity contribution < 1.29 is 17.9 Å². The van der Waals surface area contributed by atoms with Crippen LogP contribution in [0.3, 0.4) is 0 Å². The monoisotopic (exact) mass is 421 g/mol. The molecule has 0 saturated heterocycles. The standard InChI is InChI=1S/C14H13FINO3S/c15-11-3-6-14(13(16)9-11)17-21(19,20)12-4-1-10(2-5-12)7-8-18/h1-6,9,17-18H,7-8H2. The van der Waals surface area contributed by atoms with Crippen LogP contribution in [0.4, 0.5) is 10.1 Å². The van der Waals surface area contributed by atoms with Crippen LogP contribution >= 0.6 is 22.6 Å². The van der Waals surface area contributed by atoms with Crippen molar-refractivity contribution in [3.63, 3.8) is 0 Å². The second kappa shape index (κ2) is 6.71. The van der Waals surface area contributed by atoms with Crippen molar-refractivity contribution in [1.29, 1.82) is 0 Å². The molecule has 0 aromatic heterocycles. The van der Waals surface area contributed by atoms with Crippen LogP contribution in [0.2, 0.25) is 0 Å². The average molecular weight is 421 g/mol. The second-order valence-electron chi connectivity index (χ2n) is 4.35. The van der Waals surface area contributed by atoms with E-state index in [2.05, 4.69) is 4.72 Å². The maximum absolute atomic E-state index is 13.0. The first kappa shape index (κ1) is 16.2. The fourth-order valence-corrected chi connectivity index (χ4v) is 3.62. The molecular formula is C14H13FINO3S. The average Bonchev–Trinajstić information content (AvgIpc) is 2.43. The molecular weight excluding hydrogens is 408 g/mol. The van der Waals surface area contributed by atoms with Crippen molar-refractivity contribution in [3.8, 4) is 0 Å². The minimum absolute atomic E-state index is 0.0120. The molecule has 2 aromatic carbocycles. The number of aliphatic hydroxyl groups excluding tert-OH is 1. The van der Waals surface area contributed by atoms with Gasteiger partial charge in [0, 0.05) is 10.2 Å². The van der Waals surface area contributed by atoms with Crippen molar-refractivity contribution >= 4 is 38.3 Å². The van der Waals surface area contributed by atoms with E-state index in [0.29, 0.717) is 15.7 Å². The molecule has 0 saturated carbocycles. The number of sulfonamides is 1. The van der Waals surface area contributed by atoms with Gasteiger partial charge in [-0.05, 0) is 64.9 Å². The van der Waals surface area contributed by atoms with Gasteiger partial charge in [-0.3, -0.25) is 4.72 Å². The zero-order valence-electron chi connectivity index (χ0n) is 10.9. The van der Waals surface area contributed by atoms with Crippen LogP contribution in [-0.2, 0) is 16.4 Å². The van der Waals surface area contributed by atoms with E-state index in [-0.39, 0.29) is 11.5 Å². The third-order valence-electron chi connectivity index (χ3n) is 2.81. The summed E-state index contributed by atoms with van der Waals surface area (Å²) in [6.07, 6.45) is 0.476. The Morgan fingerprint density at radius 3 is 2.38 bits per heavy atom. The highest BCUT2D eigenvalue weighted by Gasteiger charge is 2.15. The van der Waals surface area contributed by atoms with E-state index in [1.165, 1.54) is 30.3 Å². The van der Waals surface area contributed by atoms with Crippen LogP contribution in [-0.4, -0.2) is 20.1 Å². The van der Waals surface area contributed by atoms with E-state index in [1.54, 1.807) is 12.1 Å². The molecule has 0 unspecified atom stereocenters. The Kier molecular flexibility index (Phi) is 5.17. The first-order valence-electron chi connectivity index (χ1n) is 6.10. The number of benzene rings is 2. The summed E-state index contributed by atoms with van der Waals surface area (Å²) in [4.78, 5) is 0.115. The van der Waals surface area contributed by atoms with Gasteiger partial charge < -0.3 is 5.11 Å². The first-order valence-corrected chi connectivity index (χ1v) is 8.66. The molecule has 0 aliphatic rings. The van der Waals surface area contributed by atoms with E-state index in [4.69, 9.17) is 5.11 Å². The lowest BCUT2D eigenvalue weighted by Gasteiger charge is -2.10. The maximum Gasteiger partial charge on any atom is 0.261 e. The van der Waals surface area contributed by atoms with Gasteiger partial charge >= 0.3 is 0 Å². The highest BCUT2D eigenvalue weighted by atomic mass is 127. The van der Waals surface area contributed by atoms with Crippen LogP contribution in [0, 0.1) is 9.39 Å². The predicted molar refractivity (Wildman–Crippen MR) is 87.2 cm³/mol. The zero-order chi connectivity index (χ0) is 15.5. The minimum atomic E-state index is -3.72. The Hall–Kier alpha value is -1.19. The van der Waals surface area contributed by atoms with Crippen LogP contribution in [0.5, 0.6) is 0 Å². The lowest BCUT2D eigenvalue weighted by Crippen LogP contribution is -2.14. The van der Waals surface area contributed by atoms with Crippen LogP contribution in [0.25, 0.3) is 0 Å². The van der Waals surface area contributed by atoms with Crippen LogP contribution < -0.4 is 4.72 Å². The fourth-order valence-electron chi connectivity index (χ4n) is 1.74. The van der Waals surface area contributed by atoms with Gasteiger partial charge in [-0.1, -0.05) is 12.1 Å².